The number of esters is 2. The van der Waals surface area contributed by atoms with Gasteiger partial charge in [-0.15, -0.1) is 0 Å². The number of phosphoric ester groups is 1. The first-order chi connectivity index (χ1) is 28.1. The zero-order valence-corrected chi connectivity index (χ0v) is 37.9. The standard InChI is InChI=1S/C46H80NO10P/c1-6-8-20-26-40-34-38(3)43(55-40)28-22-16-12-10-11-13-19-25-31-46(49)57-42(37-54-58(50,51)53-33-32-47-5)36-52-45(48)30-24-18-15-14-17-23-29-44-39(4)35-41(56-44)27-21-9-7-2/h34-35,42,47H,6-33,36-37H2,1-5H3,(H,50,51)/t42-/m1/s1. The Balaban J connectivity index is 1.60. The zero-order chi connectivity index (χ0) is 42.3. The smallest absolute Gasteiger partial charge is 0.466 e. The minimum absolute atomic E-state index is 0.0297. The van der Waals surface area contributed by atoms with Gasteiger partial charge < -0.3 is 28.5 Å². The van der Waals surface area contributed by atoms with Gasteiger partial charge >= 0.3 is 19.8 Å². The molecule has 2 heterocycles. The lowest BCUT2D eigenvalue weighted by Gasteiger charge is -2.20. The van der Waals surface area contributed by atoms with Gasteiger partial charge in [-0.05, 0) is 82.7 Å². The number of carbonyl (C=O) groups is 2. The molecule has 2 aromatic heterocycles. The van der Waals surface area contributed by atoms with Crippen LogP contribution in [-0.2, 0) is 58.4 Å². The molecule has 12 heteroatoms. The molecule has 0 fully saturated rings. The maximum atomic E-state index is 12.7. The summed E-state index contributed by atoms with van der Waals surface area (Å²) in [6.45, 7) is 8.36. The van der Waals surface area contributed by atoms with Crippen molar-refractivity contribution in [2.75, 3.05) is 33.4 Å². The number of ether oxygens (including phenoxy) is 2. The van der Waals surface area contributed by atoms with Crippen molar-refractivity contribution >= 4 is 19.8 Å². The molecule has 2 atom stereocenters. The Morgan fingerprint density at radius 3 is 1.57 bits per heavy atom. The highest BCUT2D eigenvalue weighted by Gasteiger charge is 2.26. The fourth-order valence-electron chi connectivity index (χ4n) is 7.00. The molecule has 58 heavy (non-hydrogen) atoms. The van der Waals surface area contributed by atoms with E-state index in [1.807, 2.05) is 0 Å². The van der Waals surface area contributed by atoms with Crippen molar-refractivity contribution in [2.45, 2.75) is 201 Å². The zero-order valence-electron chi connectivity index (χ0n) is 37.0. The lowest BCUT2D eigenvalue weighted by atomic mass is 10.1. The highest BCUT2D eigenvalue weighted by atomic mass is 31.2. The van der Waals surface area contributed by atoms with Crippen LogP contribution in [-0.4, -0.2) is 56.3 Å². The van der Waals surface area contributed by atoms with Gasteiger partial charge in [0.05, 0.1) is 13.2 Å². The summed E-state index contributed by atoms with van der Waals surface area (Å²) >= 11 is 0. The molecule has 1 unspecified atom stereocenters. The molecule has 0 amide bonds. The van der Waals surface area contributed by atoms with Gasteiger partial charge in [-0.2, -0.15) is 0 Å². The van der Waals surface area contributed by atoms with Gasteiger partial charge in [-0.25, -0.2) is 4.57 Å². The van der Waals surface area contributed by atoms with Crippen LogP contribution in [0.5, 0.6) is 0 Å². The lowest BCUT2D eigenvalue weighted by Crippen LogP contribution is -2.29. The summed E-state index contributed by atoms with van der Waals surface area (Å²) in [7, 11) is -2.68. The Morgan fingerprint density at radius 1 is 0.638 bits per heavy atom. The van der Waals surface area contributed by atoms with E-state index in [1.54, 1.807) is 7.05 Å². The molecule has 0 bridgehead atoms. The van der Waals surface area contributed by atoms with E-state index < -0.39 is 32.5 Å². The third-order valence-electron chi connectivity index (χ3n) is 10.5. The molecule has 0 saturated carbocycles. The molecular weight excluding hydrogens is 757 g/mol. The Morgan fingerprint density at radius 2 is 1.09 bits per heavy atom. The van der Waals surface area contributed by atoms with Crippen LogP contribution >= 0.6 is 7.82 Å². The van der Waals surface area contributed by atoms with Gasteiger partial charge in [0.1, 0.15) is 29.6 Å². The van der Waals surface area contributed by atoms with Crippen molar-refractivity contribution in [1.29, 1.82) is 0 Å². The van der Waals surface area contributed by atoms with Crippen molar-refractivity contribution in [3.8, 4) is 0 Å². The van der Waals surface area contributed by atoms with Crippen LogP contribution in [0.25, 0.3) is 0 Å². The maximum absolute atomic E-state index is 12.7. The molecule has 2 N–H and O–H groups in total. The summed E-state index contributed by atoms with van der Waals surface area (Å²) in [5, 5.41) is 2.82. The largest absolute Gasteiger partial charge is 0.472 e. The number of rotatable bonds is 38. The van der Waals surface area contributed by atoms with E-state index in [0.717, 1.165) is 107 Å². The number of aryl methyl sites for hydroxylation is 6. The van der Waals surface area contributed by atoms with E-state index in [1.165, 1.54) is 68.9 Å². The summed E-state index contributed by atoms with van der Waals surface area (Å²) in [4.78, 5) is 35.3. The van der Waals surface area contributed by atoms with Crippen LogP contribution in [0.4, 0.5) is 0 Å². The van der Waals surface area contributed by atoms with E-state index in [9.17, 15) is 19.0 Å². The molecule has 0 saturated heterocycles. The van der Waals surface area contributed by atoms with Crippen molar-refractivity contribution in [1.82, 2.24) is 5.32 Å². The first kappa shape index (κ1) is 51.7. The van der Waals surface area contributed by atoms with Crippen LogP contribution < -0.4 is 5.32 Å². The molecule has 334 valence electrons. The average molecular weight is 838 g/mol. The predicted octanol–water partition coefficient (Wildman–Crippen LogP) is 11.8. The summed E-state index contributed by atoms with van der Waals surface area (Å²) in [5.74, 6) is 3.64. The molecule has 0 aliphatic heterocycles. The second-order valence-electron chi connectivity index (χ2n) is 16.0. The van der Waals surface area contributed by atoms with Crippen molar-refractivity contribution in [2.24, 2.45) is 0 Å². The average Bonchev–Trinajstić information content (AvgIpc) is 3.74. The van der Waals surface area contributed by atoms with Gasteiger partial charge in [-0.1, -0.05) is 104 Å². The van der Waals surface area contributed by atoms with E-state index in [4.69, 9.17) is 27.4 Å². The van der Waals surface area contributed by atoms with Crippen molar-refractivity contribution < 1.29 is 46.4 Å². The number of phosphoric acid groups is 1. The number of carbonyl (C=O) groups excluding carboxylic acids is 2. The summed E-state index contributed by atoms with van der Waals surface area (Å²) in [5.41, 5.74) is 2.53. The Labute approximate surface area is 351 Å². The third kappa shape index (κ3) is 25.3. The summed E-state index contributed by atoms with van der Waals surface area (Å²) in [6.07, 6.45) is 25.1. The first-order valence-electron chi connectivity index (χ1n) is 22.8. The van der Waals surface area contributed by atoms with Crippen LogP contribution in [0, 0.1) is 13.8 Å². The van der Waals surface area contributed by atoms with Crippen molar-refractivity contribution in [3.63, 3.8) is 0 Å². The Hall–Kier alpha value is -2.43. The molecule has 0 aromatic carbocycles. The SMILES string of the molecule is CCCCCc1cc(C)c(CCCCCCCCCCC(=O)O[C@H](COC(=O)CCCCCCCCc2oc(CCCCC)cc2C)COP(=O)(O)OCCNC)o1. The summed E-state index contributed by atoms with van der Waals surface area (Å²) < 4.78 is 45.5. The van der Waals surface area contributed by atoms with Gasteiger partial charge in [0, 0.05) is 45.1 Å². The first-order valence-corrected chi connectivity index (χ1v) is 24.3. The monoisotopic (exact) mass is 838 g/mol. The lowest BCUT2D eigenvalue weighted by molar-refractivity contribution is -0.161. The summed E-state index contributed by atoms with van der Waals surface area (Å²) in [6, 6.07) is 4.40. The Bertz CT molecular complexity index is 1400. The fourth-order valence-corrected chi connectivity index (χ4v) is 7.75. The molecule has 0 spiro atoms. The fraction of sp³-hybridized carbons (Fsp3) is 0.783. The molecular formula is C46H80NO10P. The second kappa shape index (κ2) is 32.4. The van der Waals surface area contributed by atoms with Crippen LogP contribution in [0.3, 0.4) is 0 Å². The number of nitrogens with one attached hydrogen (secondary N) is 1. The van der Waals surface area contributed by atoms with Gasteiger partial charge in [0.2, 0.25) is 0 Å². The van der Waals surface area contributed by atoms with E-state index in [-0.39, 0.29) is 26.1 Å². The molecule has 2 rings (SSSR count). The van der Waals surface area contributed by atoms with E-state index in [0.29, 0.717) is 19.4 Å². The van der Waals surface area contributed by atoms with Crippen LogP contribution in [0.2, 0.25) is 0 Å². The number of furan rings is 2. The van der Waals surface area contributed by atoms with E-state index in [2.05, 4.69) is 45.1 Å². The molecule has 2 aromatic rings. The van der Waals surface area contributed by atoms with Crippen molar-refractivity contribution in [3.05, 3.63) is 46.3 Å². The normalized spacial score (nSPS) is 13.1. The van der Waals surface area contributed by atoms with Crippen LogP contribution in [0.15, 0.2) is 21.0 Å². The maximum Gasteiger partial charge on any atom is 0.472 e. The number of unbranched alkanes of at least 4 members (excludes halogenated alkanes) is 16. The molecule has 11 nitrogen and oxygen atoms in total. The van der Waals surface area contributed by atoms with Gasteiger partial charge in [0.25, 0.3) is 0 Å². The minimum Gasteiger partial charge on any atom is -0.466 e. The molecule has 0 radical (unpaired) electrons. The quantitative estimate of drug-likeness (QED) is 0.0378. The third-order valence-corrected chi connectivity index (χ3v) is 11.5. The second-order valence-corrected chi connectivity index (χ2v) is 17.5. The van der Waals surface area contributed by atoms with Crippen LogP contribution in [0.1, 0.15) is 189 Å². The van der Waals surface area contributed by atoms with Gasteiger partial charge in [0.15, 0.2) is 6.10 Å². The minimum atomic E-state index is -4.37. The highest BCUT2D eigenvalue weighted by molar-refractivity contribution is 7.47. The van der Waals surface area contributed by atoms with Gasteiger partial charge in [-0.3, -0.25) is 18.6 Å². The number of likely N-dealkylation sites (N-methyl/N-ethyl adjacent to an activating group) is 1. The van der Waals surface area contributed by atoms with E-state index >= 15 is 0 Å². The molecule has 0 aliphatic carbocycles. The topological polar surface area (TPSA) is 147 Å². The number of hydrogen-bond acceptors (Lipinski definition) is 10. The highest BCUT2D eigenvalue weighted by Crippen LogP contribution is 2.43. The predicted molar refractivity (Wildman–Crippen MR) is 231 cm³/mol. The number of hydrogen-bond donors (Lipinski definition) is 2. The Kier molecular flexibility index (Phi) is 28.8. The molecule has 0 aliphatic rings.